The van der Waals surface area contributed by atoms with Gasteiger partial charge in [0, 0.05) is 0 Å². The summed E-state index contributed by atoms with van der Waals surface area (Å²) in [6.45, 7) is 5.15. The summed E-state index contributed by atoms with van der Waals surface area (Å²) in [7, 11) is 0. The maximum Gasteiger partial charge on any atom is 0.340 e. The third-order valence-electron chi connectivity index (χ3n) is 3.68. The standard InChI is InChI=1S/C18H20FNO5/c1-4-23-17(21)13-10(3)25-16(20)15(18(22)24-5-2)14(13)11-6-8-12(19)9-7-11/h6-9,14H,4-5,20H2,1-3H3/t14-/m1/s1. The second kappa shape index (κ2) is 7.83. The molecule has 2 N–H and O–H groups in total. The van der Waals surface area contributed by atoms with Gasteiger partial charge in [0.1, 0.15) is 17.1 Å². The Balaban J connectivity index is 2.61. The van der Waals surface area contributed by atoms with Crippen molar-refractivity contribution in [3.05, 3.63) is 58.4 Å². The third-order valence-corrected chi connectivity index (χ3v) is 3.68. The first-order valence-corrected chi connectivity index (χ1v) is 7.88. The lowest BCUT2D eigenvalue weighted by Crippen LogP contribution is -2.30. The zero-order valence-corrected chi connectivity index (χ0v) is 14.3. The van der Waals surface area contributed by atoms with Crippen LogP contribution in [0.1, 0.15) is 32.3 Å². The fraction of sp³-hybridized carbons (Fsp3) is 0.333. The van der Waals surface area contributed by atoms with Crippen molar-refractivity contribution >= 4 is 11.9 Å². The first-order valence-electron chi connectivity index (χ1n) is 7.88. The van der Waals surface area contributed by atoms with Crippen LogP contribution >= 0.6 is 0 Å². The Morgan fingerprint density at radius 3 is 2.12 bits per heavy atom. The second-order valence-corrected chi connectivity index (χ2v) is 5.28. The van der Waals surface area contributed by atoms with E-state index in [2.05, 4.69) is 0 Å². The van der Waals surface area contributed by atoms with E-state index in [-0.39, 0.29) is 36.0 Å². The lowest BCUT2D eigenvalue weighted by atomic mass is 9.82. The molecule has 0 bridgehead atoms. The van der Waals surface area contributed by atoms with Gasteiger partial charge >= 0.3 is 11.9 Å². The molecule has 0 saturated carbocycles. The zero-order valence-electron chi connectivity index (χ0n) is 14.3. The van der Waals surface area contributed by atoms with Crippen LogP contribution in [0, 0.1) is 5.82 Å². The molecule has 1 aromatic carbocycles. The van der Waals surface area contributed by atoms with E-state index in [0.29, 0.717) is 5.56 Å². The number of carbonyl (C=O) groups excluding carboxylic acids is 2. The molecule has 0 aliphatic carbocycles. The molecule has 1 atom stereocenters. The summed E-state index contributed by atoms with van der Waals surface area (Å²) >= 11 is 0. The van der Waals surface area contributed by atoms with Crippen molar-refractivity contribution in [3.8, 4) is 0 Å². The molecule has 0 amide bonds. The SMILES string of the molecule is CCOC(=O)C1=C(C)OC(N)=C(C(=O)OCC)[C@@H]1c1ccc(F)cc1. The van der Waals surface area contributed by atoms with E-state index in [9.17, 15) is 14.0 Å². The summed E-state index contributed by atoms with van der Waals surface area (Å²) < 4.78 is 28.8. The van der Waals surface area contributed by atoms with Gasteiger partial charge in [-0.15, -0.1) is 0 Å². The summed E-state index contributed by atoms with van der Waals surface area (Å²) in [6, 6.07) is 5.43. The van der Waals surface area contributed by atoms with Crippen LogP contribution in [0.4, 0.5) is 4.39 Å². The van der Waals surface area contributed by atoms with E-state index < -0.39 is 23.7 Å². The highest BCUT2D eigenvalue weighted by atomic mass is 19.1. The van der Waals surface area contributed by atoms with Crippen LogP contribution in [0.5, 0.6) is 0 Å². The van der Waals surface area contributed by atoms with Gasteiger partial charge in [-0.1, -0.05) is 12.1 Å². The van der Waals surface area contributed by atoms with Crippen LogP contribution in [0.25, 0.3) is 0 Å². The Bertz CT molecular complexity index is 696. The van der Waals surface area contributed by atoms with Crippen molar-refractivity contribution < 1.29 is 28.2 Å². The molecule has 0 saturated heterocycles. The zero-order chi connectivity index (χ0) is 18.6. The fourth-order valence-corrected chi connectivity index (χ4v) is 2.65. The van der Waals surface area contributed by atoms with Crippen molar-refractivity contribution in [1.29, 1.82) is 0 Å². The van der Waals surface area contributed by atoms with Crippen molar-refractivity contribution in [2.45, 2.75) is 26.7 Å². The molecule has 0 fully saturated rings. The monoisotopic (exact) mass is 349 g/mol. The number of esters is 2. The van der Waals surface area contributed by atoms with Gasteiger partial charge in [0.15, 0.2) is 0 Å². The molecular formula is C18H20FNO5. The molecule has 0 aromatic heterocycles. The van der Waals surface area contributed by atoms with Crippen LogP contribution in [0.3, 0.4) is 0 Å². The number of benzene rings is 1. The predicted octanol–water partition coefficient (Wildman–Crippen LogP) is 2.51. The van der Waals surface area contributed by atoms with Crippen LogP contribution < -0.4 is 5.73 Å². The Morgan fingerprint density at radius 1 is 1.08 bits per heavy atom. The first kappa shape index (κ1) is 18.5. The molecule has 1 heterocycles. The molecule has 0 spiro atoms. The summed E-state index contributed by atoms with van der Waals surface area (Å²) in [5, 5.41) is 0. The summed E-state index contributed by atoms with van der Waals surface area (Å²) in [6.07, 6.45) is 0. The molecule has 1 aromatic rings. The average molecular weight is 349 g/mol. The lowest BCUT2D eigenvalue weighted by Gasteiger charge is -2.28. The van der Waals surface area contributed by atoms with Gasteiger partial charge in [-0.3, -0.25) is 0 Å². The highest BCUT2D eigenvalue weighted by molar-refractivity contribution is 5.99. The Hall–Kier alpha value is -2.83. The van der Waals surface area contributed by atoms with Crippen molar-refractivity contribution in [2.75, 3.05) is 13.2 Å². The Morgan fingerprint density at radius 2 is 1.60 bits per heavy atom. The smallest absolute Gasteiger partial charge is 0.340 e. The number of rotatable bonds is 5. The number of hydrogen-bond donors (Lipinski definition) is 1. The summed E-state index contributed by atoms with van der Waals surface area (Å²) in [5.41, 5.74) is 6.51. The van der Waals surface area contributed by atoms with Crippen molar-refractivity contribution in [3.63, 3.8) is 0 Å². The molecule has 7 heteroatoms. The van der Waals surface area contributed by atoms with E-state index >= 15 is 0 Å². The quantitative estimate of drug-likeness (QED) is 0.822. The molecule has 1 aliphatic heterocycles. The number of ether oxygens (including phenoxy) is 3. The lowest BCUT2D eigenvalue weighted by molar-refractivity contribution is -0.140. The fourth-order valence-electron chi connectivity index (χ4n) is 2.65. The van der Waals surface area contributed by atoms with Crippen LogP contribution in [-0.4, -0.2) is 25.2 Å². The van der Waals surface area contributed by atoms with Gasteiger partial charge in [-0.2, -0.15) is 0 Å². The molecule has 2 rings (SSSR count). The van der Waals surface area contributed by atoms with Crippen molar-refractivity contribution in [1.82, 2.24) is 0 Å². The maximum atomic E-state index is 13.3. The summed E-state index contributed by atoms with van der Waals surface area (Å²) in [5.74, 6) is -2.58. The number of hydrogen-bond acceptors (Lipinski definition) is 6. The van der Waals surface area contributed by atoms with E-state index in [1.54, 1.807) is 20.8 Å². The van der Waals surface area contributed by atoms with Gasteiger partial charge in [0.05, 0.1) is 24.7 Å². The number of nitrogens with two attached hydrogens (primary N) is 1. The van der Waals surface area contributed by atoms with Gasteiger partial charge < -0.3 is 19.9 Å². The minimum absolute atomic E-state index is 0.0119. The average Bonchev–Trinajstić information content (AvgIpc) is 2.55. The molecule has 0 unspecified atom stereocenters. The van der Waals surface area contributed by atoms with Crippen LogP contribution in [0.2, 0.25) is 0 Å². The number of carbonyl (C=O) groups is 2. The molecule has 1 aliphatic rings. The number of halogens is 1. The Kier molecular flexibility index (Phi) is 5.80. The van der Waals surface area contributed by atoms with Gasteiger partial charge in [0.25, 0.3) is 0 Å². The topological polar surface area (TPSA) is 87.9 Å². The second-order valence-electron chi connectivity index (χ2n) is 5.28. The number of allylic oxidation sites excluding steroid dienone is 1. The molecule has 134 valence electrons. The van der Waals surface area contributed by atoms with Gasteiger partial charge in [-0.25, -0.2) is 14.0 Å². The van der Waals surface area contributed by atoms with E-state index in [1.807, 2.05) is 0 Å². The van der Waals surface area contributed by atoms with Crippen molar-refractivity contribution in [2.24, 2.45) is 5.73 Å². The summed E-state index contributed by atoms with van der Waals surface area (Å²) in [4.78, 5) is 24.8. The highest BCUT2D eigenvalue weighted by Crippen LogP contribution is 2.40. The van der Waals surface area contributed by atoms with E-state index in [1.165, 1.54) is 24.3 Å². The highest BCUT2D eigenvalue weighted by Gasteiger charge is 2.39. The molecule has 6 nitrogen and oxygen atoms in total. The Labute approximate surface area is 145 Å². The van der Waals surface area contributed by atoms with Gasteiger partial charge in [0.2, 0.25) is 5.88 Å². The minimum Gasteiger partial charge on any atom is -0.463 e. The predicted molar refractivity (Wildman–Crippen MR) is 87.4 cm³/mol. The van der Waals surface area contributed by atoms with Crippen LogP contribution in [0.15, 0.2) is 47.1 Å². The molecule has 0 radical (unpaired) electrons. The largest absolute Gasteiger partial charge is 0.463 e. The van der Waals surface area contributed by atoms with E-state index in [4.69, 9.17) is 19.9 Å². The first-order chi connectivity index (χ1) is 11.9. The normalized spacial score (nSPS) is 17.2. The minimum atomic E-state index is -0.868. The molecular weight excluding hydrogens is 329 g/mol. The van der Waals surface area contributed by atoms with E-state index in [0.717, 1.165) is 0 Å². The maximum absolute atomic E-state index is 13.3. The van der Waals surface area contributed by atoms with Crippen LogP contribution in [-0.2, 0) is 23.8 Å². The molecule has 25 heavy (non-hydrogen) atoms. The van der Waals surface area contributed by atoms with Gasteiger partial charge in [-0.05, 0) is 38.5 Å². The third kappa shape index (κ3) is 3.81.